The first-order chi connectivity index (χ1) is 14.3. The minimum absolute atomic E-state index is 0.0123. The van der Waals surface area contributed by atoms with E-state index in [1.54, 1.807) is 17.7 Å². The van der Waals surface area contributed by atoms with Gasteiger partial charge < -0.3 is 24.8 Å². The fourth-order valence-corrected chi connectivity index (χ4v) is 3.50. The van der Waals surface area contributed by atoms with E-state index in [-0.39, 0.29) is 47.9 Å². The van der Waals surface area contributed by atoms with E-state index >= 15 is 0 Å². The van der Waals surface area contributed by atoms with Gasteiger partial charge in [0.15, 0.2) is 5.75 Å². The molecule has 0 aliphatic carbocycles. The van der Waals surface area contributed by atoms with Gasteiger partial charge in [-0.25, -0.2) is 4.39 Å². The molecule has 0 fully saturated rings. The molecule has 3 rings (SSSR count). The number of fused-ring (bicyclic) bond motifs is 1. The lowest BCUT2D eigenvalue weighted by Gasteiger charge is -2.18. The van der Waals surface area contributed by atoms with Gasteiger partial charge in [0.25, 0.3) is 5.56 Å². The maximum atomic E-state index is 14.4. The summed E-state index contributed by atoms with van der Waals surface area (Å²) < 4.78 is 23.5. The SMILES string of the molecule is Cn1cc(OCC(CO)CO)c(=O)c2c(Nc3ccc(I)cc3F)cc(=O)n(C)c21. The van der Waals surface area contributed by atoms with Crippen LogP contribution in [0.4, 0.5) is 15.8 Å². The second-order valence-corrected chi connectivity index (χ2v) is 8.12. The molecule has 0 aliphatic heterocycles. The molecule has 0 spiro atoms. The number of halogens is 2. The van der Waals surface area contributed by atoms with Crippen molar-refractivity contribution in [2.75, 3.05) is 25.1 Å². The number of ether oxygens (including phenoxy) is 1. The predicted octanol–water partition coefficient (Wildman–Crippen LogP) is 1.70. The van der Waals surface area contributed by atoms with Crippen molar-refractivity contribution in [3.63, 3.8) is 0 Å². The van der Waals surface area contributed by atoms with Crippen LogP contribution in [0, 0.1) is 15.3 Å². The van der Waals surface area contributed by atoms with Crippen molar-refractivity contribution in [2.45, 2.75) is 0 Å². The molecule has 10 heteroatoms. The van der Waals surface area contributed by atoms with Gasteiger partial charge >= 0.3 is 0 Å². The number of nitrogens with zero attached hydrogens (tertiary/aromatic N) is 2. The maximum Gasteiger partial charge on any atom is 0.253 e. The quantitative estimate of drug-likeness (QED) is 0.403. The number of anilines is 2. The second-order valence-electron chi connectivity index (χ2n) is 6.88. The lowest BCUT2D eigenvalue weighted by Crippen LogP contribution is -2.26. The van der Waals surface area contributed by atoms with Gasteiger partial charge in [0, 0.05) is 29.6 Å². The Morgan fingerprint density at radius 3 is 2.50 bits per heavy atom. The van der Waals surface area contributed by atoms with Gasteiger partial charge in [0.05, 0.1) is 42.8 Å². The summed E-state index contributed by atoms with van der Waals surface area (Å²) >= 11 is 1.98. The Bertz CT molecular complexity index is 1200. The first-order valence-corrected chi connectivity index (χ1v) is 10.1. The van der Waals surface area contributed by atoms with Crippen molar-refractivity contribution in [3.05, 3.63) is 60.4 Å². The summed E-state index contributed by atoms with van der Waals surface area (Å²) in [6, 6.07) is 5.79. The number of hydrogen-bond acceptors (Lipinski definition) is 6. The molecular weight excluding hydrogens is 508 g/mol. The first-order valence-electron chi connectivity index (χ1n) is 9.06. The van der Waals surface area contributed by atoms with Crippen LogP contribution in [-0.4, -0.2) is 39.2 Å². The molecule has 1 aromatic carbocycles. The predicted molar refractivity (Wildman–Crippen MR) is 120 cm³/mol. The lowest BCUT2D eigenvalue weighted by molar-refractivity contribution is 0.105. The molecule has 0 bridgehead atoms. The van der Waals surface area contributed by atoms with Crippen molar-refractivity contribution >= 4 is 45.0 Å². The Morgan fingerprint density at radius 2 is 1.87 bits per heavy atom. The minimum Gasteiger partial charge on any atom is -0.488 e. The monoisotopic (exact) mass is 529 g/mol. The summed E-state index contributed by atoms with van der Waals surface area (Å²) in [5.74, 6) is -1.07. The molecule has 160 valence electrons. The van der Waals surface area contributed by atoms with Gasteiger partial charge in [-0.05, 0) is 40.8 Å². The summed E-state index contributed by atoms with van der Waals surface area (Å²) in [5, 5.41) is 21.4. The van der Waals surface area contributed by atoms with Gasteiger partial charge in [-0.3, -0.25) is 14.2 Å². The van der Waals surface area contributed by atoms with Crippen molar-refractivity contribution in [2.24, 2.45) is 20.0 Å². The first kappa shape index (κ1) is 22.2. The highest BCUT2D eigenvalue weighted by Gasteiger charge is 2.18. The summed E-state index contributed by atoms with van der Waals surface area (Å²) in [5.41, 5.74) is -0.268. The summed E-state index contributed by atoms with van der Waals surface area (Å²) in [6.07, 6.45) is 1.44. The van der Waals surface area contributed by atoms with E-state index in [0.717, 1.165) is 0 Å². The Morgan fingerprint density at radius 1 is 1.17 bits per heavy atom. The molecule has 0 saturated carbocycles. The smallest absolute Gasteiger partial charge is 0.253 e. The molecule has 3 N–H and O–H groups in total. The summed E-state index contributed by atoms with van der Waals surface area (Å²) in [7, 11) is 3.19. The largest absolute Gasteiger partial charge is 0.488 e. The fourth-order valence-electron chi connectivity index (χ4n) is 3.05. The van der Waals surface area contributed by atoms with Crippen LogP contribution in [0.15, 0.2) is 40.1 Å². The molecule has 3 aromatic rings. The molecule has 0 aliphatic rings. The van der Waals surface area contributed by atoms with Crippen LogP contribution in [0.1, 0.15) is 0 Å². The number of aryl methyl sites for hydroxylation is 2. The third-order valence-electron chi connectivity index (χ3n) is 4.70. The van der Waals surface area contributed by atoms with E-state index in [0.29, 0.717) is 9.22 Å². The van der Waals surface area contributed by atoms with Gasteiger partial charge in [-0.2, -0.15) is 0 Å². The maximum absolute atomic E-state index is 14.4. The molecule has 0 radical (unpaired) electrons. The number of aromatic nitrogens is 2. The van der Waals surface area contributed by atoms with E-state index in [1.807, 2.05) is 22.6 Å². The number of rotatable bonds is 7. The van der Waals surface area contributed by atoms with Crippen LogP contribution in [0.5, 0.6) is 5.75 Å². The number of pyridine rings is 2. The normalized spacial score (nSPS) is 11.3. The zero-order valence-corrected chi connectivity index (χ0v) is 18.5. The van der Waals surface area contributed by atoms with E-state index in [1.165, 1.54) is 36.0 Å². The molecule has 0 saturated heterocycles. The number of aliphatic hydroxyl groups is 2. The van der Waals surface area contributed by atoms with E-state index in [2.05, 4.69) is 5.32 Å². The van der Waals surface area contributed by atoms with Crippen LogP contribution < -0.4 is 21.0 Å². The average Bonchev–Trinajstić information content (AvgIpc) is 2.70. The van der Waals surface area contributed by atoms with Crippen LogP contribution in [0.2, 0.25) is 0 Å². The van der Waals surface area contributed by atoms with E-state index in [4.69, 9.17) is 4.74 Å². The highest BCUT2D eigenvalue weighted by atomic mass is 127. The Labute approximate surface area is 184 Å². The topological polar surface area (TPSA) is 106 Å². The number of benzene rings is 1. The fraction of sp³-hybridized carbons (Fsp3) is 0.300. The van der Waals surface area contributed by atoms with E-state index in [9.17, 15) is 24.2 Å². The molecule has 8 nitrogen and oxygen atoms in total. The minimum atomic E-state index is -0.538. The Balaban J connectivity index is 2.18. The third-order valence-corrected chi connectivity index (χ3v) is 5.37. The molecule has 2 aromatic heterocycles. The summed E-state index contributed by atoms with van der Waals surface area (Å²) in [4.78, 5) is 25.6. The van der Waals surface area contributed by atoms with Gasteiger partial charge in [-0.15, -0.1) is 0 Å². The van der Waals surface area contributed by atoms with Crippen molar-refractivity contribution in [3.8, 4) is 5.75 Å². The standard InChI is InChI=1S/C20H21FIN3O5/c1-24-7-16(30-10-11(8-26)9-27)19(29)18-15(6-17(28)25(2)20(18)24)23-14-4-3-12(22)5-13(14)21/h3-7,11,23,26-27H,8-10H2,1-2H3. The molecule has 30 heavy (non-hydrogen) atoms. The lowest BCUT2D eigenvalue weighted by atomic mass is 10.2. The Kier molecular flexibility index (Phi) is 6.78. The number of nitrogens with one attached hydrogen (secondary N) is 1. The average molecular weight is 529 g/mol. The van der Waals surface area contributed by atoms with Crippen molar-refractivity contribution < 1.29 is 19.3 Å². The molecule has 0 atom stereocenters. The summed E-state index contributed by atoms with van der Waals surface area (Å²) in [6.45, 7) is -0.649. The van der Waals surface area contributed by atoms with E-state index < -0.39 is 17.2 Å². The van der Waals surface area contributed by atoms with Crippen molar-refractivity contribution in [1.29, 1.82) is 0 Å². The van der Waals surface area contributed by atoms with Gasteiger partial charge in [-0.1, -0.05) is 0 Å². The Hall–Kier alpha value is -2.44. The second kappa shape index (κ2) is 9.14. The number of aliphatic hydroxyl groups excluding tert-OH is 2. The molecular formula is C20H21FIN3O5. The highest BCUT2D eigenvalue weighted by Crippen LogP contribution is 2.26. The number of hydrogen-bond donors (Lipinski definition) is 3. The van der Waals surface area contributed by atoms with Crippen molar-refractivity contribution in [1.82, 2.24) is 9.13 Å². The van der Waals surface area contributed by atoms with Gasteiger partial charge in [0.1, 0.15) is 11.5 Å². The van der Waals surface area contributed by atoms with Gasteiger partial charge in [0.2, 0.25) is 5.43 Å². The highest BCUT2D eigenvalue weighted by molar-refractivity contribution is 14.1. The van der Waals surface area contributed by atoms with Crippen LogP contribution in [0.25, 0.3) is 11.0 Å². The zero-order chi connectivity index (χ0) is 22.0. The third kappa shape index (κ3) is 4.35. The van der Waals surface area contributed by atoms with Crippen LogP contribution in [-0.2, 0) is 14.1 Å². The molecule has 0 amide bonds. The van der Waals surface area contributed by atoms with Crippen LogP contribution in [0.3, 0.4) is 0 Å². The molecule has 2 heterocycles. The molecule has 0 unspecified atom stereocenters. The van der Waals surface area contributed by atoms with Crippen LogP contribution >= 0.6 is 22.6 Å². The zero-order valence-electron chi connectivity index (χ0n) is 16.4.